The third-order valence-electron chi connectivity index (χ3n) is 8.68. The summed E-state index contributed by atoms with van der Waals surface area (Å²) in [5.74, 6) is -0.878. The number of hydrogen-bond donors (Lipinski definition) is 1. The largest absolute Gasteiger partial charge is 0.383 e. The molecule has 3 saturated heterocycles. The minimum Gasteiger partial charge on any atom is -0.383 e. The van der Waals surface area contributed by atoms with E-state index in [1.165, 1.54) is 4.90 Å². The number of nitrogens with one attached hydrogen (secondary N) is 1. The van der Waals surface area contributed by atoms with Crippen molar-refractivity contribution in [1.29, 1.82) is 0 Å². The summed E-state index contributed by atoms with van der Waals surface area (Å²) >= 11 is 1.63. The minimum absolute atomic E-state index is 0.0301. The van der Waals surface area contributed by atoms with Crippen molar-refractivity contribution in [2.24, 2.45) is 5.92 Å². The van der Waals surface area contributed by atoms with Gasteiger partial charge in [-0.3, -0.25) is 19.3 Å². The van der Waals surface area contributed by atoms with Crippen LogP contribution in [-0.2, 0) is 23.8 Å². The summed E-state index contributed by atoms with van der Waals surface area (Å²) in [7, 11) is 3.28. The zero-order chi connectivity index (χ0) is 29.8. The Labute approximate surface area is 251 Å². The van der Waals surface area contributed by atoms with E-state index in [0.29, 0.717) is 12.0 Å². The first-order valence-electron chi connectivity index (χ1n) is 14.6. The first kappa shape index (κ1) is 30.6. The number of likely N-dealkylation sites (tertiary alicyclic amines) is 1. The molecule has 0 spiro atoms. The fraction of sp³-hybridized carbons (Fsp3) is 0.600. The number of Topliss-reactive ketones (excluding diaryl/α,β-unsaturated/α-hetero) is 1. The van der Waals surface area contributed by atoms with Crippen LogP contribution >= 0.6 is 11.3 Å². The van der Waals surface area contributed by atoms with Gasteiger partial charge in [0.05, 0.1) is 18.8 Å². The molecule has 1 aromatic heterocycles. The molecule has 5 atom stereocenters. The second kappa shape index (κ2) is 13.6. The summed E-state index contributed by atoms with van der Waals surface area (Å²) < 4.78 is 16.3. The Bertz CT molecular complexity index is 1250. The molecule has 1 N–H and O–H groups in total. The number of methoxy groups -OCH3 is 2. The Morgan fingerprint density at radius 1 is 1.17 bits per heavy atom. The standard InChI is InChI=1S/C30H41N5O6S/c1-5-19(2)25(29(38)35-16-24(40-4)27-26(35)23(36)17-41-27)32-28(37)21-8-6-20(7-9-21)22-18-42-30(31-22)34-12-10-33(11-13-34)14-15-39-3/h6-9,18-19,24-27H,5,10-17H2,1-4H3,(H,32,37)/t19-,24-,25-,26+,27+/m0/s1. The maximum atomic E-state index is 13.7. The van der Waals surface area contributed by atoms with Crippen LogP contribution in [0.2, 0.25) is 0 Å². The minimum atomic E-state index is -0.775. The Kier molecular flexibility index (Phi) is 9.89. The van der Waals surface area contributed by atoms with Crippen molar-refractivity contribution in [3.63, 3.8) is 0 Å². The summed E-state index contributed by atoms with van der Waals surface area (Å²) in [5, 5.41) is 6.00. The van der Waals surface area contributed by atoms with Crippen LogP contribution in [0.4, 0.5) is 5.13 Å². The summed E-state index contributed by atoms with van der Waals surface area (Å²) in [4.78, 5) is 50.7. The summed E-state index contributed by atoms with van der Waals surface area (Å²) in [5.41, 5.74) is 2.25. The lowest BCUT2D eigenvalue weighted by atomic mass is 9.96. The van der Waals surface area contributed by atoms with Gasteiger partial charge in [0.15, 0.2) is 10.9 Å². The van der Waals surface area contributed by atoms with Crippen LogP contribution in [0, 0.1) is 5.92 Å². The SMILES string of the molecule is CC[C@H](C)[C@H](NC(=O)c1ccc(-c2csc(N3CCN(CCOC)CC3)n2)cc1)C(=O)N1C[C@H](OC)[C@H]2OCC(=O)[C@H]21. The number of aromatic nitrogens is 1. The lowest BCUT2D eigenvalue weighted by Crippen LogP contribution is -2.54. The molecule has 0 radical (unpaired) electrons. The van der Waals surface area contributed by atoms with E-state index in [1.807, 2.05) is 31.4 Å². The third-order valence-corrected chi connectivity index (χ3v) is 9.58. The number of nitrogens with zero attached hydrogens (tertiary/aromatic N) is 4. The summed E-state index contributed by atoms with van der Waals surface area (Å²) in [6, 6.07) is 5.85. The molecule has 3 aliphatic heterocycles. The lowest BCUT2D eigenvalue weighted by molar-refractivity contribution is -0.139. The molecule has 228 valence electrons. The van der Waals surface area contributed by atoms with E-state index >= 15 is 0 Å². The van der Waals surface area contributed by atoms with Crippen LogP contribution in [-0.4, -0.2) is 123 Å². The normalized spacial score (nSPS) is 24.1. The Morgan fingerprint density at radius 2 is 1.90 bits per heavy atom. The molecule has 42 heavy (non-hydrogen) atoms. The number of hydrogen-bond acceptors (Lipinski definition) is 10. The van der Waals surface area contributed by atoms with Gasteiger partial charge in [0, 0.05) is 63.5 Å². The van der Waals surface area contributed by atoms with Gasteiger partial charge in [-0.1, -0.05) is 32.4 Å². The highest BCUT2D eigenvalue weighted by Gasteiger charge is 2.53. The van der Waals surface area contributed by atoms with Gasteiger partial charge >= 0.3 is 0 Å². The number of ether oxygens (including phenoxy) is 3. The van der Waals surface area contributed by atoms with Gasteiger partial charge in [-0.05, 0) is 18.1 Å². The number of carbonyl (C=O) groups is 3. The highest BCUT2D eigenvalue weighted by Crippen LogP contribution is 2.31. The summed E-state index contributed by atoms with van der Waals surface area (Å²) in [6.45, 7) is 9.65. The van der Waals surface area contributed by atoms with E-state index in [2.05, 4.69) is 15.1 Å². The predicted molar refractivity (Wildman–Crippen MR) is 160 cm³/mol. The van der Waals surface area contributed by atoms with Crippen LogP contribution < -0.4 is 10.2 Å². The molecule has 1 aromatic carbocycles. The Hall–Kier alpha value is -2.90. The number of benzene rings is 1. The number of ketones is 1. The fourth-order valence-electron chi connectivity index (χ4n) is 5.85. The quantitative estimate of drug-likeness (QED) is 0.414. The van der Waals surface area contributed by atoms with Crippen molar-refractivity contribution in [3.8, 4) is 11.3 Å². The zero-order valence-electron chi connectivity index (χ0n) is 24.8. The Balaban J connectivity index is 1.22. The molecule has 0 unspecified atom stereocenters. The second-order valence-electron chi connectivity index (χ2n) is 11.2. The maximum Gasteiger partial charge on any atom is 0.251 e. The first-order valence-corrected chi connectivity index (χ1v) is 15.5. The first-order chi connectivity index (χ1) is 20.3. The van der Waals surface area contributed by atoms with Crippen molar-refractivity contribution in [2.75, 3.05) is 71.6 Å². The average Bonchev–Trinajstić information content (AvgIpc) is 3.75. The predicted octanol–water partition coefficient (Wildman–Crippen LogP) is 1.92. The van der Waals surface area contributed by atoms with Crippen LogP contribution in [0.15, 0.2) is 29.6 Å². The van der Waals surface area contributed by atoms with Crippen molar-refractivity contribution >= 4 is 34.1 Å². The average molecular weight is 600 g/mol. The van der Waals surface area contributed by atoms with E-state index in [4.69, 9.17) is 19.2 Å². The number of carbonyl (C=O) groups excluding carboxylic acids is 3. The van der Waals surface area contributed by atoms with Crippen LogP contribution in [0.25, 0.3) is 11.3 Å². The monoisotopic (exact) mass is 599 g/mol. The van der Waals surface area contributed by atoms with Gasteiger partial charge in [0.25, 0.3) is 5.91 Å². The fourth-order valence-corrected chi connectivity index (χ4v) is 6.74. The molecule has 3 aliphatic rings. The number of piperazine rings is 1. The number of rotatable bonds is 11. The molecule has 0 aliphatic carbocycles. The van der Waals surface area contributed by atoms with E-state index < -0.39 is 18.2 Å². The second-order valence-corrected chi connectivity index (χ2v) is 12.0. The van der Waals surface area contributed by atoms with Gasteiger partial charge in [-0.15, -0.1) is 11.3 Å². The van der Waals surface area contributed by atoms with Crippen molar-refractivity contribution in [3.05, 3.63) is 35.2 Å². The van der Waals surface area contributed by atoms with Crippen molar-refractivity contribution < 1.29 is 28.6 Å². The number of thiazole rings is 1. The molecule has 12 heteroatoms. The zero-order valence-corrected chi connectivity index (χ0v) is 25.6. The van der Waals surface area contributed by atoms with Gasteiger partial charge in [0.2, 0.25) is 5.91 Å². The number of anilines is 1. The van der Waals surface area contributed by atoms with E-state index in [0.717, 1.165) is 55.7 Å². The van der Waals surface area contributed by atoms with Crippen LogP contribution in [0.5, 0.6) is 0 Å². The molecule has 3 fully saturated rings. The summed E-state index contributed by atoms with van der Waals surface area (Å²) in [6.07, 6.45) is -0.156. The van der Waals surface area contributed by atoms with Gasteiger partial charge in [0.1, 0.15) is 30.9 Å². The third kappa shape index (κ3) is 6.37. The van der Waals surface area contributed by atoms with E-state index in [1.54, 1.807) is 37.7 Å². The van der Waals surface area contributed by atoms with Gasteiger partial charge in [-0.25, -0.2) is 4.98 Å². The molecular formula is C30H41N5O6S. The topological polar surface area (TPSA) is 114 Å². The smallest absolute Gasteiger partial charge is 0.251 e. The van der Waals surface area contributed by atoms with Crippen LogP contribution in [0.1, 0.15) is 30.6 Å². The van der Waals surface area contributed by atoms with Crippen molar-refractivity contribution in [1.82, 2.24) is 20.1 Å². The van der Waals surface area contributed by atoms with Gasteiger partial charge in [-0.2, -0.15) is 0 Å². The molecule has 2 aromatic rings. The van der Waals surface area contributed by atoms with E-state index in [9.17, 15) is 14.4 Å². The molecule has 4 heterocycles. The van der Waals surface area contributed by atoms with Crippen LogP contribution in [0.3, 0.4) is 0 Å². The molecule has 11 nitrogen and oxygen atoms in total. The lowest BCUT2D eigenvalue weighted by Gasteiger charge is -2.34. The molecular weight excluding hydrogens is 558 g/mol. The molecule has 2 amide bonds. The Morgan fingerprint density at radius 3 is 2.57 bits per heavy atom. The van der Waals surface area contributed by atoms with Crippen molar-refractivity contribution in [2.45, 2.75) is 44.6 Å². The highest BCUT2D eigenvalue weighted by atomic mass is 32.1. The maximum absolute atomic E-state index is 13.7. The number of amides is 2. The molecule has 5 rings (SSSR count). The molecule has 0 bridgehead atoms. The highest BCUT2D eigenvalue weighted by molar-refractivity contribution is 7.14. The molecule has 0 saturated carbocycles. The van der Waals surface area contributed by atoms with E-state index in [-0.39, 0.29) is 42.8 Å². The van der Waals surface area contributed by atoms with Gasteiger partial charge < -0.3 is 29.3 Å². The number of fused-ring (bicyclic) bond motifs is 1.